The molecule has 0 aromatic heterocycles. The van der Waals surface area contributed by atoms with E-state index in [0.29, 0.717) is 6.61 Å². The second kappa shape index (κ2) is 6.35. The molecule has 74 valence electrons. The zero-order valence-electron chi connectivity index (χ0n) is 7.91. The molecule has 1 nitrogen and oxygen atoms in total. The third kappa shape index (κ3) is 6.53. The maximum atomic E-state index is 12.6. The summed E-state index contributed by atoms with van der Waals surface area (Å²) in [6, 6.07) is 0. The molecular formula is C9H18F2O. The summed E-state index contributed by atoms with van der Waals surface area (Å²) < 4.78 is 30.2. The number of unbranched alkanes of at least 4 members (excludes halogenated alkanes) is 1. The van der Waals surface area contributed by atoms with Gasteiger partial charge in [-0.05, 0) is 6.42 Å². The molecule has 3 heteroatoms. The van der Waals surface area contributed by atoms with Crippen LogP contribution in [0, 0.1) is 0 Å². The molecule has 0 fully saturated rings. The van der Waals surface area contributed by atoms with E-state index in [1.807, 2.05) is 6.92 Å². The van der Waals surface area contributed by atoms with Crippen LogP contribution in [0.3, 0.4) is 0 Å². The molecule has 0 radical (unpaired) electrons. The average molecular weight is 180 g/mol. The minimum atomic E-state index is -2.54. The quantitative estimate of drug-likeness (QED) is 0.546. The molecule has 0 bridgehead atoms. The number of hydrogen-bond donors (Lipinski definition) is 0. The lowest BCUT2D eigenvalue weighted by Crippen LogP contribution is -2.17. The molecule has 0 aromatic rings. The molecule has 0 saturated heterocycles. The van der Waals surface area contributed by atoms with Crippen molar-refractivity contribution in [3.63, 3.8) is 0 Å². The second-order valence-electron chi connectivity index (χ2n) is 2.93. The Kier molecular flexibility index (Phi) is 6.25. The molecule has 0 aliphatic heterocycles. The minimum absolute atomic E-state index is 0.0931. The standard InChI is InChI=1S/C9H18F2O/c1-3-5-7-12-8-6-9(10,11)4-2/h3-8H2,1-2H3. The van der Waals surface area contributed by atoms with Gasteiger partial charge in [0.25, 0.3) is 0 Å². The van der Waals surface area contributed by atoms with Crippen LogP contribution in [0.25, 0.3) is 0 Å². The first kappa shape index (κ1) is 11.8. The Hall–Kier alpha value is -0.180. The van der Waals surface area contributed by atoms with Crippen molar-refractivity contribution >= 4 is 0 Å². The van der Waals surface area contributed by atoms with E-state index < -0.39 is 5.92 Å². The van der Waals surface area contributed by atoms with Crippen molar-refractivity contribution in [1.82, 2.24) is 0 Å². The first-order chi connectivity index (χ1) is 5.62. The summed E-state index contributed by atoms with van der Waals surface area (Å²) in [5.41, 5.74) is 0. The summed E-state index contributed by atoms with van der Waals surface area (Å²) in [7, 11) is 0. The van der Waals surface area contributed by atoms with Gasteiger partial charge in [0.15, 0.2) is 0 Å². The topological polar surface area (TPSA) is 9.23 Å². The van der Waals surface area contributed by atoms with Gasteiger partial charge < -0.3 is 4.74 Å². The van der Waals surface area contributed by atoms with Crippen molar-refractivity contribution < 1.29 is 13.5 Å². The lowest BCUT2D eigenvalue weighted by Gasteiger charge is -2.13. The van der Waals surface area contributed by atoms with Gasteiger partial charge in [-0.2, -0.15) is 0 Å². The van der Waals surface area contributed by atoms with Crippen LogP contribution in [0.4, 0.5) is 8.78 Å². The molecule has 0 aliphatic rings. The molecular weight excluding hydrogens is 162 g/mol. The number of rotatable bonds is 7. The van der Waals surface area contributed by atoms with E-state index in [1.54, 1.807) is 0 Å². The fourth-order valence-electron chi connectivity index (χ4n) is 0.747. The van der Waals surface area contributed by atoms with Gasteiger partial charge in [-0.1, -0.05) is 20.3 Å². The maximum absolute atomic E-state index is 12.6. The minimum Gasteiger partial charge on any atom is -0.381 e. The third-order valence-corrected chi connectivity index (χ3v) is 1.77. The molecule has 0 aliphatic carbocycles. The van der Waals surface area contributed by atoms with Gasteiger partial charge in [-0.3, -0.25) is 0 Å². The monoisotopic (exact) mass is 180 g/mol. The second-order valence-corrected chi connectivity index (χ2v) is 2.93. The SMILES string of the molecule is CCCCOCCC(F)(F)CC. The van der Waals surface area contributed by atoms with Gasteiger partial charge in [0, 0.05) is 19.4 Å². The van der Waals surface area contributed by atoms with E-state index in [0.717, 1.165) is 12.8 Å². The van der Waals surface area contributed by atoms with Crippen molar-refractivity contribution in [3.8, 4) is 0 Å². The van der Waals surface area contributed by atoms with Gasteiger partial charge in [0.05, 0.1) is 6.61 Å². The van der Waals surface area contributed by atoms with E-state index in [9.17, 15) is 8.78 Å². The van der Waals surface area contributed by atoms with E-state index in [4.69, 9.17) is 4.74 Å². The lowest BCUT2D eigenvalue weighted by molar-refractivity contribution is -0.0361. The van der Waals surface area contributed by atoms with E-state index in [1.165, 1.54) is 6.92 Å². The summed E-state index contributed by atoms with van der Waals surface area (Å²) >= 11 is 0. The molecule has 0 amide bonds. The van der Waals surface area contributed by atoms with Crippen LogP contribution in [-0.4, -0.2) is 19.1 Å². The van der Waals surface area contributed by atoms with Gasteiger partial charge >= 0.3 is 0 Å². The van der Waals surface area contributed by atoms with Crippen LogP contribution in [-0.2, 0) is 4.74 Å². The van der Waals surface area contributed by atoms with Crippen LogP contribution in [0.5, 0.6) is 0 Å². The molecule has 0 unspecified atom stereocenters. The van der Waals surface area contributed by atoms with Crippen LogP contribution in [0.2, 0.25) is 0 Å². The van der Waals surface area contributed by atoms with E-state index in [2.05, 4.69) is 0 Å². The first-order valence-corrected chi connectivity index (χ1v) is 4.58. The molecule has 0 atom stereocenters. The Bertz CT molecular complexity index is 105. The molecule has 12 heavy (non-hydrogen) atoms. The summed E-state index contributed by atoms with van der Waals surface area (Å²) in [4.78, 5) is 0. The Morgan fingerprint density at radius 2 is 1.83 bits per heavy atom. The van der Waals surface area contributed by atoms with Crippen molar-refractivity contribution in [2.75, 3.05) is 13.2 Å². The van der Waals surface area contributed by atoms with Gasteiger partial charge in [0.2, 0.25) is 5.92 Å². The third-order valence-electron chi connectivity index (χ3n) is 1.77. The Morgan fingerprint density at radius 1 is 1.17 bits per heavy atom. The van der Waals surface area contributed by atoms with Crippen molar-refractivity contribution in [1.29, 1.82) is 0 Å². The molecule has 0 saturated carbocycles. The number of alkyl halides is 2. The van der Waals surface area contributed by atoms with Crippen molar-refractivity contribution in [2.24, 2.45) is 0 Å². The van der Waals surface area contributed by atoms with Crippen LogP contribution in [0.15, 0.2) is 0 Å². The highest BCUT2D eigenvalue weighted by atomic mass is 19.3. The fourth-order valence-corrected chi connectivity index (χ4v) is 0.747. The Morgan fingerprint density at radius 3 is 2.33 bits per heavy atom. The summed E-state index contributed by atoms with van der Waals surface area (Å²) in [6.45, 7) is 4.33. The number of halogens is 2. The highest BCUT2D eigenvalue weighted by molar-refractivity contribution is 4.62. The van der Waals surface area contributed by atoms with Crippen LogP contribution < -0.4 is 0 Å². The lowest BCUT2D eigenvalue weighted by atomic mass is 10.2. The largest absolute Gasteiger partial charge is 0.381 e. The summed E-state index contributed by atoms with van der Waals surface area (Å²) in [5.74, 6) is -2.54. The van der Waals surface area contributed by atoms with Crippen molar-refractivity contribution in [3.05, 3.63) is 0 Å². The first-order valence-electron chi connectivity index (χ1n) is 4.58. The predicted molar refractivity (Wildman–Crippen MR) is 45.6 cm³/mol. The summed E-state index contributed by atoms with van der Waals surface area (Å²) in [6.07, 6.45) is 1.76. The number of hydrogen-bond acceptors (Lipinski definition) is 1. The Labute approximate surface area is 73.1 Å². The Balaban J connectivity index is 3.19. The van der Waals surface area contributed by atoms with Crippen LogP contribution >= 0.6 is 0 Å². The molecule has 0 aromatic carbocycles. The van der Waals surface area contributed by atoms with Gasteiger partial charge in [-0.15, -0.1) is 0 Å². The van der Waals surface area contributed by atoms with Gasteiger partial charge in [-0.25, -0.2) is 8.78 Å². The van der Waals surface area contributed by atoms with E-state index >= 15 is 0 Å². The smallest absolute Gasteiger partial charge is 0.250 e. The van der Waals surface area contributed by atoms with Gasteiger partial charge in [0.1, 0.15) is 0 Å². The zero-order valence-corrected chi connectivity index (χ0v) is 7.91. The predicted octanol–water partition coefficient (Wildman–Crippen LogP) is 3.24. The highest BCUT2D eigenvalue weighted by Gasteiger charge is 2.25. The van der Waals surface area contributed by atoms with Crippen molar-refractivity contribution in [2.45, 2.75) is 45.5 Å². The van der Waals surface area contributed by atoms with Crippen LogP contribution in [0.1, 0.15) is 39.5 Å². The molecule has 0 heterocycles. The molecule has 0 spiro atoms. The summed E-state index contributed by atoms with van der Waals surface area (Å²) in [5, 5.41) is 0. The molecule has 0 rings (SSSR count). The fraction of sp³-hybridized carbons (Fsp3) is 1.00. The average Bonchev–Trinajstić information content (AvgIpc) is 2.04. The molecule has 0 N–H and O–H groups in total. The normalized spacial score (nSPS) is 12.0. The zero-order chi connectivity index (χ0) is 9.45. The van der Waals surface area contributed by atoms with E-state index in [-0.39, 0.29) is 19.4 Å². The number of ether oxygens (including phenoxy) is 1. The maximum Gasteiger partial charge on any atom is 0.250 e. The highest BCUT2D eigenvalue weighted by Crippen LogP contribution is 2.21.